The van der Waals surface area contributed by atoms with Gasteiger partial charge in [-0.2, -0.15) is 0 Å². The molecule has 0 fully saturated rings. The van der Waals surface area contributed by atoms with Gasteiger partial charge in [0.15, 0.2) is 0 Å². The SMILES string of the molecule is C#CC(CC)NCCC(C)C. The largest absolute Gasteiger partial charge is 0.304 e. The summed E-state index contributed by atoms with van der Waals surface area (Å²) in [5, 5.41) is 3.31. The second-order valence-electron chi connectivity index (χ2n) is 3.26. The number of nitrogens with one attached hydrogen (secondary N) is 1. The molecule has 0 aliphatic rings. The van der Waals surface area contributed by atoms with Crippen LogP contribution in [-0.2, 0) is 0 Å². The smallest absolute Gasteiger partial charge is 0.0684 e. The van der Waals surface area contributed by atoms with E-state index in [0.717, 1.165) is 18.9 Å². The average molecular weight is 153 g/mol. The molecular weight excluding hydrogens is 134 g/mol. The van der Waals surface area contributed by atoms with Gasteiger partial charge >= 0.3 is 0 Å². The van der Waals surface area contributed by atoms with Gasteiger partial charge in [-0.25, -0.2) is 0 Å². The van der Waals surface area contributed by atoms with Crippen LogP contribution in [0, 0.1) is 18.3 Å². The van der Waals surface area contributed by atoms with Gasteiger partial charge in [0.1, 0.15) is 0 Å². The van der Waals surface area contributed by atoms with Crippen LogP contribution in [0.1, 0.15) is 33.6 Å². The highest BCUT2D eigenvalue weighted by Gasteiger charge is 1.99. The Bertz CT molecular complexity index is 121. The molecule has 1 nitrogen and oxygen atoms in total. The van der Waals surface area contributed by atoms with Crippen LogP contribution in [-0.4, -0.2) is 12.6 Å². The zero-order valence-corrected chi connectivity index (χ0v) is 7.85. The molecule has 1 unspecified atom stereocenters. The summed E-state index contributed by atoms with van der Waals surface area (Å²) in [6.45, 7) is 7.59. The highest BCUT2D eigenvalue weighted by molar-refractivity contribution is 4.97. The molecule has 0 aromatic rings. The second-order valence-corrected chi connectivity index (χ2v) is 3.26. The van der Waals surface area contributed by atoms with E-state index in [0.29, 0.717) is 0 Å². The number of hydrogen-bond acceptors (Lipinski definition) is 1. The number of rotatable bonds is 5. The van der Waals surface area contributed by atoms with Gasteiger partial charge in [0, 0.05) is 0 Å². The van der Waals surface area contributed by atoms with Gasteiger partial charge in [-0.3, -0.25) is 0 Å². The summed E-state index contributed by atoms with van der Waals surface area (Å²) in [7, 11) is 0. The molecule has 0 saturated carbocycles. The molecule has 0 bridgehead atoms. The van der Waals surface area contributed by atoms with Crippen molar-refractivity contribution >= 4 is 0 Å². The Hall–Kier alpha value is -0.480. The summed E-state index contributed by atoms with van der Waals surface area (Å²) >= 11 is 0. The van der Waals surface area contributed by atoms with Crippen molar-refractivity contribution in [3.63, 3.8) is 0 Å². The number of terminal acetylenes is 1. The third-order valence-electron chi connectivity index (χ3n) is 1.72. The third kappa shape index (κ3) is 5.94. The van der Waals surface area contributed by atoms with E-state index in [4.69, 9.17) is 6.42 Å². The van der Waals surface area contributed by atoms with Crippen LogP contribution in [0.15, 0.2) is 0 Å². The zero-order valence-electron chi connectivity index (χ0n) is 7.85. The molecule has 0 saturated heterocycles. The first-order chi connectivity index (χ1) is 5.20. The van der Waals surface area contributed by atoms with Crippen LogP contribution in [0.25, 0.3) is 0 Å². The Morgan fingerprint density at radius 3 is 2.45 bits per heavy atom. The molecule has 1 atom stereocenters. The number of hydrogen-bond donors (Lipinski definition) is 1. The lowest BCUT2D eigenvalue weighted by atomic mass is 10.1. The summed E-state index contributed by atoms with van der Waals surface area (Å²) in [6, 6.07) is 0.272. The minimum atomic E-state index is 0.272. The predicted octanol–water partition coefficient (Wildman–Crippen LogP) is 2.03. The topological polar surface area (TPSA) is 12.0 Å². The molecule has 1 heteroatoms. The summed E-state index contributed by atoms with van der Waals surface area (Å²) < 4.78 is 0. The van der Waals surface area contributed by atoms with Gasteiger partial charge in [-0.15, -0.1) is 6.42 Å². The molecule has 11 heavy (non-hydrogen) atoms. The fraction of sp³-hybridized carbons (Fsp3) is 0.800. The highest BCUT2D eigenvalue weighted by Crippen LogP contribution is 1.97. The van der Waals surface area contributed by atoms with Crippen LogP contribution >= 0.6 is 0 Å². The normalized spacial score (nSPS) is 13.0. The van der Waals surface area contributed by atoms with Gasteiger partial charge in [-0.1, -0.05) is 26.7 Å². The van der Waals surface area contributed by atoms with Gasteiger partial charge in [-0.05, 0) is 25.3 Å². The quantitative estimate of drug-likeness (QED) is 0.596. The Morgan fingerprint density at radius 2 is 2.09 bits per heavy atom. The van der Waals surface area contributed by atoms with Crippen LogP contribution in [0.5, 0.6) is 0 Å². The lowest BCUT2D eigenvalue weighted by molar-refractivity contribution is 0.508. The van der Waals surface area contributed by atoms with E-state index in [-0.39, 0.29) is 6.04 Å². The predicted molar refractivity (Wildman–Crippen MR) is 50.4 cm³/mol. The zero-order chi connectivity index (χ0) is 8.69. The maximum absolute atomic E-state index is 5.29. The lowest BCUT2D eigenvalue weighted by Crippen LogP contribution is -2.28. The highest BCUT2D eigenvalue weighted by atomic mass is 14.9. The van der Waals surface area contributed by atoms with E-state index >= 15 is 0 Å². The van der Waals surface area contributed by atoms with Crippen molar-refractivity contribution in [1.82, 2.24) is 5.32 Å². The molecule has 0 aliphatic carbocycles. The van der Waals surface area contributed by atoms with Crippen molar-refractivity contribution in [2.75, 3.05) is 6.54 Å². The Labute approximate surface area is 70.6 Å². The lowest BCUT2D eigenvalue weighted by Gasteiger charge is -2.11. The van der Waals surface area contributed by atoms with Crippen molar-refractivity contribution in [2.45, 2.75) is 39.7 Å². The van der Waals surface area contributed by atoms with Gasteiger partial charge in [0.25, 0.3) is 0 Å². The van der Waals surface area contributed by atoms with Crippen molar-refractivity contribution in [1.29, 1.82) is 0 Å². The van der Waals surface area contributed by atoms with Crippen molar-refractivity contribution in [2.24, 2.45) is 5.92 Å². The molecule has 0 aliphatic heterocycles. The third-order valence-corrected chi connectivity index (χ3v) is 1.72. The molecule has 1 N–H and O–H groups in total. The molecule has 0 amide bonds. The fourth-order valence-electron chi connectivity index (χ4n) is 0.867. The van der Waals surface area contributed by atoms with Crippen LogP contribution in [0.3, 0.4) is 0 Å². The van der Waals surface area contributed by atoms with Crippen LogP contribution in [0.2, 0.25) is 0 Å². The maximum Gasteiger partial charge on any atom is 0.0684 e. The monoisotopic (exact) mass is 153 g/mol. The first-order valence-electron chi connectivity index (χ1n) is 4.40. The van der Waals surface area contributed by atoms with E-state index < -0.39 is 0 Å². The van der Waals surface area contributed by atoms with E-state index in [1.54, 1.807) is 0 Å². The maximum atomic E-state index is 5.29. The van der Waals surface area contributed by atoms with E-state index in [9.17, 15) is 0 Å². The first-order valence-corrected chi connectivity index (χ1v) is 4.40. The van der Waals surface area contributed by atoms with E-state index in [1.165, 1.54) is 6.42 Å². The molecular formula is C10H19N. The van der Waals surface area contributed by atoms with Gasteiger partial charge < -0.3 is 5.32 Å². The molecule has 0 heterocycles. The van der Waals surface area contributed by atoms with E-state index in [1.807, 2.05) is 0 Å². The summed E-state index contributed by atoms with van der Waals surface area (Å²) in [4.78, 5) is 0. The Morgan fingerprint density at radius 1 is 1.45 bits per heavy atom. The minimum absolute atomic E-state index is 0.272. The summed E-state index contributed by atoms with van der Waals surface area (Å²) in [5.41, 5.74) is 0. The van der Waals surface area contributed by atoms with Crippen molar-refractivity contribution < 1.29 is 0 Å². The Balaban J connectivity index is 3.30. The van der Waals surface area contributed by atoms with Crippen LogP contribution in [0.4, 0.5) is 0 Å². The fourth-order valence-corrected chi connectivity index (χ4v) is 0.867. The second kappa shape index (κ2) is 6.24. The molecule has 0 aromatic carbocycles. The first kappa shape index (κ1) is 10.5. The molecule has 0 spiro atoms. The van der Waals surface area contributed by atoms with Crippen LogP contribution < -0.4 is 5.32 Å². The van der Waals surface area contributed by atoms with Gasteiger partial charge in [0.2, 0.25) is 0 Å². The average Bonchev–Trinajstić information content (AvgIpc) is 1.98. The summed E-state index contributed by atoms with van der Waals surface area (Å²) in [5.74, 6) is 3.48. The molecule has 64 valence electrons. The van der Waals surface area contributed by atoms with Crippen molar-refractivity contribution in [3.05, 3.63) is 0 Å². The molecule has 0 rings (SSSR count). The standard InChI is InChI=1S/C10H19N/c1-5-10(6-2)11-8-7-9(3)4/h1,9-11H,6-8H2,2-4H3. The minimum Gasteiger partial charge on any atom is -0.304 e. The van der Waals surface area contributed by atoms with E-state index in [2.05, 4.69) is 32.0 Å². The van der Waals surface area contributed by atoms with Gasteiger partial charge in [0.05, 0.1) is 6.04 Å². The molecule has 0 aromatic heterocycles. The summed E-state index contributed by atoms with van der Waals surface area (Å²) in [6.07, 6.45) is 7.52. The molecule has 0 radical (unpaired) electrons. The van der Waals surface area contributed by atoms with Crippen molar-refractivity contribution in [3.8, 4) is 12.3 Å². The Kier molecular flexibility index (Phi) is 5.97.